The van der Waals surface area contributed by atoms with Crippen LogP contribution in [0.5, 0.6) is 0 Å². The van der Waals surface area contributed by atoms with Crippen molar-refractivity contribution in [3.8, 4) is 0 Å². The Morgan fingerprint density at radius 3 is 2.84 bits per heavy atom. The fourth-order valence-electron chi connectivity index (χ4n) is 1.60. The Bertz CT molecular complexity index is 613. The maximum absolute atomic E-state index is 12.1. The van der Waals surface area contributed by atoms with Crippen LogP contribution in [0.4, 0.5) is 5.69 Å². The van der Waals surface area contributed by atoms with Crippen LogP contribution in [0.15, 0.2) is 36.5 Å². The van der Waals surface area contributed by atoms with Gasteiger partial charge in [0.15, 0.2) is 0 Å². The highest BCUT2D eigenvalue weighted by Crippen LogP contribution is 2.17. The van der Waals surface area contributed by atoms with E-state index in [-0.39, 0.29) is 5.91 Å². The van der Waals surface area contributed by atoms with Gasteiger partial charge in [-0.2, -0.15) is 0 Å². The average molecular weight is 367 g/mol. The Morgan fingerprint density at radius 2 is 2.16 bits per heavy atom. The van der Waals surface area contributed by atoms with E-state index >= 15 is 0 Å². The number of pyridine rings is 1. The molecule has 1 amide bonds. The Hall–Kier alpha value is -1.47. The van der Waals surface area contributed by atoms with Crippen molar-refractivity contribution < 1.29 is 4.79 Å². The summed E-state index contributed by atoms with van der Waals surface area (Å²) in [4.78, 5) is 16.2. The van der Waals surface area contributed by atoms with E-state index in [2.05, 4.69) is 32.9 Å². The number of carbonyl (C=O) groups is 1. The van der Waals surface area contributed by atoms with Gasteiger partial charge in [0.2, 0.25) is 0 Å². The van der Waals surface area contributed by atoms with Gasteiger partial charge in [-0.05, 0) is 59.3 Å². The molecule has 0 spiro atoms. The maximum atomic E-state index is 12.1. The summed E-state index contributed by atoms with van der Waals surface area (Å²) in [5.74, 6) is -0.156. The van der Waals surface area contributed by atoms with Gasteiger partial charge in [-0.3, -0.25) is 9.78 Å². The first-order chi connectivity index (χ1) is 9.10. The molecule has 3 N–H and O–H groups in total. The van der Waals surface area contributed by atoms with Crippen LogP contribution in [0.25, 0.3) is 0 Å². The molecule has 0 aliphatic heterocycles. The summed E-state index contributed by atoms with van der Waals surface area (Å²) in [7, 11) is 0. The Balaban J connectivity index is 2.18. The number of halogens is 1. The van der Waals surface area contributed by atoms with E-state index in [9.17, 15) is 4.79 Å². The minimum Gasteiger partial charge on any atom is -0.325 e. The van der Waals surface area contributed by atoms with Gasteiger partial charge in [0.1, 0.15) is 0 Å². The fourth-order valence-corrected chi connectivity index (χ4v) is 2.12. The predicted octanol–water partition coefficient (Wildman–Crippen LogP) is 2.71. The number of hydrogen-bond donors (Lipinski definition) is 2. The second-order valence-corrected chi connectivity index (χ2v) is 5.32. The average Bonchev–Trinajstić information content (AvgIpc) is 2.43. The molecule has 1 heterocycles. The lowest BCUT2D eigenvalue weighted by Crippen LogP contribution is -2.13. The van der Waals surface area contributed by atoms with E-state index in [1.54, 1.807) is 18.3 Å². The zero-order valence-corrected chi connectivity index (χ0v) is 12.6. The number of hydrogen-bond acceptors (Lipinski definition) is 3. The van der Waals surface area contributed by atoms with E-state index in [1.807, 2.05) is 25.1 Å². The summed E-state index contributed by atoms with van der Waals surface area (Å²) in [6, 6.07) is 9.19. The molecule has 4 nitrogen and oxygen atoms in total. The van der Waals surface area contributed by atoms with Gasteiger partial charge in [-0.15, -0.1) is 0 Å². The SMILES string of the molecule is Cc1ccc(NC(=O)c2ccnc(CN)c2)cc1I. The van der Waals surface area contributed by atoms with Crippen molar-refractivity contribution in [1.82, 2.24) is 4.98 Å². The second-order valence-electron chi connectivity index (χ2n) is 4.16. The molecule has 0 radical (unpaired) electrons. The second kappa shape index (κ2) is 6.12. The van der Waals surface area contributed by atoms with Crippen LogP contribution < -0.4 is 11.1 Å². The molecule has 0 atom stereocenters. The third-order valence-electron chi connectivity index (χ3n) is 2.72. The molecule has 1 aromatic carbocycles. The van der Waals surface area contributed by atoms with E-state index in [1.165, 1.54) is 5.56 Å². The molecule has 0 saturated heterocycles. The molecule has 1 aromatic heterocycles. The molecule has 98 valence electrons. The highest BCUT2D eigenvalue weighted by Gasteiger charge is 2.07. The van der Waals surface area contributed by atoms with Gasteiger partial charge >= 0.3 is 0 Å². The van der Waals surface area contributed by atoms with Crippen molar-refractivity contribution in [2.24, 2.45) is 5.73 Å². The highest BCUT2D eigenvalue weighted by molar-refractivity contribution is 14.1. The van der Waals surface area contributed by atoms with Gasteiger partial charge in [-0.25, -0.2) is 0 Å². The van der Waals surface area contributed by atoms with Crippen molar-refractivity contribution in [3.63, 3.8) is 0 Å². The molecule has 0 saturated carbocycles. The summed E-state index contributed by atoms with van der Waals surface area (Å²) in [6.07, 6.45) is 1.59. The number of nitrogens with one attached hydrogen (secondary N) is 1. The molecule has 0 fully saturated rings. The molecule has 2 aromatic rings. The molecule has 0 unspecified atom stereocenters. The standard InChI is InChI=1S/C14H14IN3O/c1-9-2-3-11(7-13(9)15)18-14(19)10-4-5-17-12(6-10)8-16/h2-7H,8,16H2,1H3,(H,18,19). The van der Waals surface area contributed by atoms with Crippen LogP contribution in [0, 0.1) is 10.5 Å². The molecular formula is C14H14IN3O. The van der Waals surface area contributed by atoms with Gasteiger partial charge in [0.25, 0.3) is 5.91 Å². The summed E-state index contributed by atoms with van der Waals surface area (Å²) in [5.41, 5.74) is 8.75. The van der Waals surface area contributed by atoms with E-state index in [0.717, 1.165) is 9.26 Å². The molecular weight excluding hydrogens is 353 g/mol. The number of carbonyl (C=O) groups excluding carboxylic acids is 1. The lowest BCUT2D eigenvalue weighted by molar-refractivity contribution is 0.102. The van der Waals surface area contributed by atoms with Crippen LogP contribution in [0.1, 0.15) is 21.6 Å². The third kappa shape index (κ3) is 3.51. The summed E-state index contributed by atoms with van der Waals surface area (Å²) < 4.78 is 1.12. The Kier molecular flexibility index (Phi) is 4.49. The maximum Gasteiger partial charge on any atom is 0.255 e. The first kappa shape index (κ1) is 14.0. The van der Waals surface area contributed by atoms with Crippen molar-refractivity contribution in [1.29, 1.82) is 0 Å². The van der Waals surface area contributed by atoms with Gasteiger partial charge in [-0.1, -0.05) is 6.07 Å². The quantitative estimate of drug-likeness (QED) is 0.820. The lowest BCUT2D eigenvalue weighted by atomic mass is 10.2. The number of anilines is 1. The highest BCUT2D eigenvalue weighted by atomic mass is 127. The molecule has 0 aliphatic carbocycles. The van der Waals surface area contributed by atoms with Crippen molar-refractivity contribution >= 4 is 34.2 Å². The number of benzene rings is 1. The number of amides is 1. The van der Waals surface area contributed by atoms with E-state index < -0.39 is 0 Å². The van der Waals surface area contributed by atoms with E-state index in [4.69, 9.17) is 5.73 Å². The smallest absolute Gasteiger partial charge is 0.255 e. The van der Waals surface area contributed by atoms with Crippen molar-refractivity contribution in [3.05, 3.63) is 56.9 Å². The minimum absolute atomic E-state index is 0.156. The number of rotatable bonds is 3. The lowest BCUT2D eigenvalue weighted by Gasteiger charge is -2.07. The zero-order valence-electron chi connectivity index (χ0n) is 10.5. The Morgan fingerprint density at radius 1 is 1.37 bits per heavy atom. The van der Waals surface area contributed by atoms with Crippen molar-refractivity contribution in [2.75, 3.05) is 5.32 Å². The molecule has 5 heteroatoms. The minimum atomic E-state index is -0.156. The van der Waals surface area contributed by atoms with Gasteiger partial charge < -0.3 is 11.1 Å². The largest absolute Gasteiger partial charge is 0.325 e. The molecule has 2 rings (SSSR count). The van der Waals surface area contributed by atoms with Crippen LogP contribution in [0.3, 0.4) is 0 Å². The first-order valence-corrected chi connectivity index (χ1v) is 6.90. The van der Waals surface area contributed by atoms with Gasteiger partial charge in [0, 0.05) is 27.6 Å². The topological polar surface area (TPSA) is 68.0 Å². The normalized spacial score (nSPS) is 10.3. The van der Waals surface area contributed by atoms with E-state index in [0.29, 0.717) is 17.8 Å². The monoisotopic (exact) mass is 367 g/mol. The van der Waals surface area contributed by atoms with Gasteiger partial charge in [0.05, 0.1) is 5.69 Å². The summed E-state index contributed by atoms with van der Waals surface area (Å²) >= 11 is 2.24. The zero-order chi connectivity index (χ0) is 13.8. The Labute approximate surface area is 125 Å². The van der Waals surface area contributed by atoms with Crippen LogP contribution >= 0.6 is 22.6 Å². The molecule has 0 bridgehead atoms. The van der Waals surface area contributed by atoms with Crippen LogP contribution in [0.2, 0.25) is 0 Å². The van der Waals surface area contributed by atoms with Crippen LogP contribution in [-0.4, -0.2) is 10.9 Å². The third-order valence-corrected chi connectivity index (χ3v) is 3.88. The summed E-state index contributed by atoms with van der Waals surface area (Å²) in [5, 5.41) is 2.87. The molecule has 19 heavy (non-hydrogen) atoms. The number of aromatic nitrogens is 1. The fraction of sp³-hybridized carbons (Fsp3) is 0.143. The van der Waals surface area contributed by atoms with Crippen molar-refractivity contribution in [2.45, 2.75) is 13.5 Å². The van der Waals surface area contributed by atoms with Crippen LogP contribution in [-0.2, 0) is 6.54 Å². The first-order valence-electron chi connectivity index (χ1n) is 5.82. The predicted molar refractivity (Wildman–Crippen MR) is 84.0 cm³/mol. The number of aryl methyl sites for hydroxylation is 1. The summed E-state index contributed by atoms with van der Waals surface area (Å²) in [6.45, 7) is 2.35. The number of nitrogens with two attached hydrogens (primary N) is 1. The molecule has 0 aliphatic rings. The number of nitrogens with zero attached hydrogens (tertiary/aromatic N) is 1.